The molecule has 0 saturated heterocycles. The highest BCUT2D eigenvalue weighted by Gasteiger charge is 2.25. The lowest BCUT2D eigenvalue weighted by Gasteiger charge is -2.09. The Hall–Kier alpha value is -2.43. The van der Waals surface area contributed by atoms with Gasteiger partial charge in [0.15, 0.2) is 0 Å². The van der Waals surface area contributed by atoms with Gasteiger partial charge in [-0.3, -0.25) is 4.79 Å². The summed E-state index contributed by atoms with van der Waals surface area (Å²) in [7, 11) is 0. The van der Waals surface area contributed by atoms with Crippen LogP contribution in [0.25, 0.3) is 0 Å². The van der Waals surface area contributed by atoms with Gasteiger partial charge in [-0.25, -0.2) is 9.97 Å². The van der Waals surface area contributed by atoms with Crippen molar-refractivity contribution in [1.29, 1.82) is 0 Å². The smallest absolute Gasteiger partial charge is 0.303 e. The molecule has 1 fully saturated rings. The maximum absolute atomic E-state index is 10.5. The summed E-state index contributed by atoms with van der Waals surface area (Å²) in [4.78, 5) is 19.7. The summed E-state index contributed by atoms with van der Waals surface area (Å²) < 4.78 is 0. The molecule has 25 heavy (non-hydrogen) atoms. The van der Waals surface area contributed by atoms with Crippen LogP contribution >= 0.6 is 0 Å². The number of aromatic nitrogens is 2. The van der Waals surface area contributed by atoms with E-state index >= 15 is 0 Å². The van der Waals surface area contributed by atoms with Gasteiger partial charge in [0, 0.05) is 29.4 Å². The Morgan fingerprint density at radius 1 is 1.20 bits per heavy atom. The van der Waals surface area contributed by atoms with Gasteiger partial charge in [0.2, 0.25) is 5.95 Å². The second-order valence-electron chi connectivity index (χ2n) is 6.81. The number of aryl methyl sites for hydroxylation is 2. The van der Waals surface area contributed by atoms with Crippen molar-refractivity contribution in [3.8, 4) is 0 Å². The molecule has 1 aromatic heterocycles. The fourth-order valence-electron chi connectivity index (χ4n) is 2.95. The third kappa shape index (κ3) is 5.55. The van der Waals surface area contributed by atoms with E-state index in [4.69, 9.17) is 5.11 Å². The Bertz CT molecular complexity index is 741. The van der Waals surface area contributed by atoms with Gasteiger partial charge in [-0.15, -0.1) is 0 Å². The van der Waals surface area contributed by atoms with E-state index in [1.54, 1.807) is 0 Å². The zero-order valence-electron chi connectivity index (χ0n) is 14.7. The number of carboxylic acid groups (broad SMARTS) is 1. The highest BCUT2D eigenvalue weighted by atomic mass is 16.4. The fraction of sp³-hybridized carbons (Fsp3) is 0.450. The molecule has 1 heterocycles. The monoisotopic (exact) mass is 339 g/mol. The number of anilines is 2. The second kappa shape index (κ2) is 8.10. The van der Waals surface area contributed by atoms with Gasteiger partial charge in [-0.05, 0) is 62.8 Å². The summed E-state index contributed by atoms with van der Waals surface area (Å²) in [6, 6.07) is 10.4. The Morgan fingerprint density at radius 2 is 2.04 bits per heavy atom. The van der Waals surface area contributed by atoms with Crippen molar-refractivity contribution in [3.05, 3.63) is 47.3 Å². The number of nitrogens with zero attached hydrogens (tertiary/aromatic N) is 2. The Morgan fingerprint density at radius 3 is 2.80 bits per heavy atom. The van der Waals surface area contributed by atoms with Crippen molar-refractivity contribution in [2.75, 3.05) is 5.32 Å². The predicted octanol–water partition coefficient (Wildman–Crippen LogP) is 4.59. The predicted molar refractivity (Wildman–Crippen MR) is 98.3 cm³/mol. The third-order valence-electron chi connectivity index (χ3n) is 4.41. The fourth-order valence-corrected chi connectivity index (χ4v) is 2.95. The molecule has 132 valence electrons. The molecule has 1 aromatic carbocycles. The van der Waals surface area contributed by atoms with Crippen LogP contribution in [0.4, 0.5) is 11.6 Å². The molecule has 2 aromatic rings. The number of carbonyl (C=O) groups is 1. The molecule has 1 saturated carbocycles. The van der Waals surface area contributed by atoms with Crippen LogP contribution in [0, 0.1) is 6.92 Å². The minimum Gasteiger partial charge on any atom is -0.481 e. The van der Waals surface area contributed by atoms with Gasteiger partial charge >= 0.3 is 5.97 Å². The summed E-state index contributed by atoms with van der Waals surface area (Å²) in [5.41, 5.74) is 4.38. The normalized spacial score (nSPS) is 13.6. The molecule has 0 atom stereocenters. The van der Waals surface area contributed by atoms with Gasteiger partial charge in [0.05, 0.1) is 0 Å². The molecule has 0 radical (unpaired) electrons. The van der Waals surface area contributed by atoms with Crippen molar-refractivity contribution in [3.63, 3.8) is 0 Å². The largest absolute Gasteiger partial charge is 0.481 e. The first-order valence-electron chi connectivity index (χ1n) is 9.03. The number of carboxylic acids is 1. The number of hydrogen-bond acceptors (Lipinski definition) is 4. The Labute approximate surface area is 148 Å². The molecule has 0 amide bonds. The molecule has 5 nitrogen and oxygen atoms in total. The summed E-state index contributed by atoms with van der Waals surface area (Å²) >= 11 is 0. The molecule has 2 N–H and O–H groups in total. The summed E-state index contributed by atoms with van der Waals surface area (Å²) in [6.07, 6.45) is 6.36. The number of unbranched alkanes of at least 4 members (excludes halogenated alkanes) is 2. The van der Waals surface area contributed by atoms with Crippen LogP contribution < -0.4 is 5.32 Å². The van der Waals surface area contributed by atoms with Crippen molar-refractivity contribution >= 4 is 17.6 Å². The molecule has 0 unspecified atom stereocenters. The van der Waals surface area contributed by atoms with Crippen molar-refractivity contribution in [2.45, 2.75) is 57.8 Å². The van der Waals surface area contributed by atoms with Gasteiger partial charge in [-0.2, -0.15) is 0 Å². The first-order chi connectivity index (χ1) is 12.1. The molecule has 1 aliphatic carbocycles. The van der Waals surface area contributed by atoms with Crippen molar-refractivity contribution in [2.24, 2.45) is 0 Å². The lowest BCUT2D eigenvalue weighted by molar-refractivity contribution is -0.137. The molecular weight excluding hydrogens is 314 g/mol. The summed E-state index contributed by atoms with van der Waals surface area (Å²) in [5.74, 6) is 0.565. The van der Waals surface area contributed by atoms with E-state index in [1.165, 1.54) is 18.4 Å². The van der Waals surface area contributed by atoms with E-state index in [-0.39, 0.29) is 6.42 Å². The summed E-state index contributed by atoms with van der Waals surface area (Å²) in [6.45, 7) is 2.01. The van der Waals surface area contributed by atoms with Crippen LogP contribution in [0.1, 0.15) is 61.4 Å². The van der Waals surface area contributed by atoms with E-state index in [9.17, 15) is 4.79 Å². The molecule has 1 aliphatic rings. The number of benzene rings is 1. The van der Waals surface area contributed by atoms with Crippen LogP contribution in [0.2, 0.25) is 0 Å². The SMILES string of the molecule is Cc1cc(C2CC2)nc(Nc2cccc(CCCCCC(=O)O)c2)n1. The molecule has 0 aliphatic heterocycles. The van der Waals surface area contributed by atoms with E-state index < -0.39 is 5.97 Å². The number of hydrogen-bond donors (Lipinski definition) is 2. The van der Waals surface area contributed by atoms with E-state index in [2.05, 4.69) is 33.5 Å². The standard InChI is InChI=1S/C20H25N3O2/c1-14-12-18(16-10-11-16)23-20(21-14)22-17-8-5-7-15(13-17)6-3-2-4-9-19(24)25/h5,7-8,12-13,16H,2-4,6,9-11H2,1H3,(H,24,25)(H,21,22,23). The van der Waals surface area contributed by atoms with Gasteiger partial charge in [0.1, 0.15) is 0 Å². The first-order valence-corrected chi connectivity index (χ1v) is 9.03. The third-order valence-corrected chi connectivity index (χ3v) is 4.41. The van der Waals surface area contributed by atoms with Gasteiger partial charge in [0.25, 0.3) is 0 Å². The van der Waals surface area contributed by atoms with E-state index in [1.807, 2.05) is 19.1 Å². The van der Waals surface area contributed by atoms with E-state index in [0.717, 1.165) is 42.8 Å². The molecule has 3 rings (SSSR count). The Kier molecular flexibility index (Phi) is 5.64. The lowest BCUT2D eigenvalue weighted by Crippen LogP contribution is -2.01. The minimum absolute atomic E-state index is 0.260. The number of rotatable bonds is 9. The Balaban J connectivity index is 1.57. The topological polar surface area (TPSA) is 75.1 Å². The maximum atomic E-state index is 10.5. The second-order valence-corrected chi connectivity index (χ2v) is 6.81. The summed E-state index contributed by atoms with van der Waals surface area (Å²) in [5, 5.41) is 12.0. The van der Waals surface area contributed by atoms with Crippen LogP contribution in [0.3, 0.4) is 0 Å². The highest BCUT2D eigenvalue weighted by Crippen LogP contribution is 2.39. The zero-order valence-corrected chi connectivity index (χ0v) is 14.7. The average Bonchev–Trinajstić information content (AvgIpc) is 3.39. The van der Waals surface area contributed by atoms with Gasteiger partial charge in [-0.1, -0.05) is 18.6 Å². The first kappa shape index (κ1) is 17.4. The van der Waals surface area contributed by atoms with Gasteiger partial charge < -0.3 is 10.4 Å². The number of aliphatic carboxylic acids is 1. The number of nitrogens with one attached hydrogen (secondary N) is 1. The molecule has 0 spiro atoms. The lowest BCUT2D eigenvalue weighted by atomic mass is 10.1. The van der Waals surface area contributed by atoms with Crippen LogP contribution in [-0.4, -0.2) is 21.0 Å². The van der Waals surface area contributed by atoms with Crippen molar-refractivity contribution in [1.82, 2.24) is 9.97 Å². The highest BCUT2D eigenvalue weighted by molar-refractivity contribution is 5.66. The average molecular weight is 339 g/mol. The quantitative estimate of drug-likeness (QED) is 0.653. The molecule has 5 heteroatoms. The molecule has 0 bridgehead atoms. The van der Waals surface area contributed by atoms with E-state index in [0.29, 0.717) is 11.9 Å². The minimum atomic E-state index is -0.713. The molecular formula is C20H25N3O2. The zero-order chi connectivity index (χ0) is 17.6. The van der Waals surface area contributed by atoms with Crippen molar-refractivity contribution < 1.29 is 9.90 Å². The maximum Gasteiger partial charge on any atom is 0.303 e. The van der Waals surface area contributed by atoms with Crippen LogP contribution in [-0.2, 0) is 11.2 Å². The van der Waals surface area contributed by atoms with Crippen LogP contribution in [0.5, 0.6) is 0 Å². The van der Waals surface area contributed by atoms with Crippen LogP contribution in [0.15, 0.2) is 30.3 Å².